The van der Waals surface area contributed by atoms with Gasteiger partial charge < -0.3 is 9.64 Å². The SMILES string of the molecule is CCCN(C)CC(=O)N1CCOCC1. The van der Waals surface area contributed by atoms with Gasteiger partial charge in [-0.1, -0.05) is 6.92 Å². The molecule has 0 unspecified atom stereocenters. The van der Waals surface area contributed by atoms with Crippen LogP contribution in [0.25, 0.3) is 0 Å². The maximum absolute atomic E-state index is 11.7. The van der Waals surface area contributed by atoms with Crippen molar-refractivity contribution in [3.63, 3.8) is 0 Å². The summed E-state index contributed by atoms with van der Waals surface area (Å²) < 4.78 is 5.19. The molecule has 1 rings (SSSR count). The Kier molecular flexibility index (Phi) is 4.90. The fraction of sp³-hybridized carbons (Fsp3) is 0.900. The number of carbonyl (C=O) groups excluding carboxylic acids is 1. The summed E-state index contributed by atoms with van der Waals surface area (Å²) in [5, 5.41) is 0. The number of likely N-dealkylation sites (N-methyl/N-ethyl adjacent to an activating group) is 1. The number of carbonyl (C=O) groups is 1. The van der Waals surface area contributed by atoms with E-state index in [0.717, 1.165) is 26.1 Å². The van der Waals surface area contributed by atoms with E-state index < -0.39 is 0 Å². The topological polar surface area (TPSA) is 32.8 Å². The average molecular weight is 200 g/mol. The van der Waals surface area contributed by atoms with E-state index in [2.05, 4.69) is 11.8 Å². The Morgan fingerprint density at radius 2 is 2.07 bits per heavy atom. The van der Waals surface area contributed by atoms with Gasteiger partial charge >= 0.3 is 0 Å². The number of hydrogen-bond acceptors (Lipinski definition) is 3. The number of rotatable bonds is 4. The van der Waals surface area contributed by atoms with Crippen LogP contribution in [-0.4, -0.2) is 62.1 Å². The first-order valence-electron chi connectivity index (χ1n) is 5.28. The molecule has 0 saturated carbocycles. The highest BCUT2D eigenvalue weighted by molar-refractivity contribution is 5.78. The second-order valence-corrected chi connectivity index (χ2v) is 3.73. The van der Waals surface area contributed by atoms with Crippen molar-refractivity contribution < 1.29 is 9.53 Å². The van der Waals surface area contributed by atoms with E-state index in [0.29, 0.717) is 19.8 Å². The second kappa shape index (κ2) is 5.98. The molecule has 1 heterocycles. The summed E-state index contributed by atoms with van der Waals surface area (Å²) in [4.78, 5) is 15.7. The fourth-order valence-corrected chi connectivity index (χ4v) is 1.60. The van der Waals surface area contributed by atoms with Crippen LogP contribution in [-0.2, 0) is 9.53 Å². The summed E-state index contributed by atoms with van der Waals surface area (Å²) in [5.74, 6) is 0.226. The van der Waals surface area contributed by atoms with E-state index in [1.165, 1.54) is 0 Å². The molecule has 0 aromatic carbocycles. The monoisotopic (exact) mass is 200 g/mol. The molecule has 0 aromatic heterocycles. The third kappa shape index (κ3) is 3.64. The molecule has 14 heavy (non-hydrogen) atoms. The molecule has 1 aliphatic rings. The fourth-order valence-electron chi connectivity index (χ4n) is 1.60. The molecule has 1 saturated heterocycles. The summed E-state index contributed by atoms with van der Waals surface area (Å²) in [6.45, 7) is 6.50. The zero-order valence-electron chi connectivity index (χ0n) is 9.16. The van der Waals surface area contributed by atoms with Gasteiger partial charge in [-0.2, -0.15) is 0 Å². The molecule has 4 heteroatoms. The van der Waals surface area contributed by atoms with Crippen LogP contribution in [0.1, 0.15) is 13.3 Å². The molecular weight excluding hydrogens is 180 g/mol. The lowest BCUT2D eigenvalue weighted by molar-refractivity contribution is -0.136. The van der Waals surface area contributed by atoms with Crippen LogP contribution >= 0.6 is 0 Å². The molecule has 0 spiro atoms. The summed E-state index contributed by atoms with van der Waals surface area (Å²) in [6, 6.07) is 0. The lowest BCUT2D eigenvalue weighted by Crippen LogP contribution is -2.45. The molecule has 0 bridgehead atoms. The minimum Gasteiger partial charge on any atom is -0.378 e. The molecule has 1 amide bonds. The van der Waals surface area contributed by atoms with E-state index in [1.54, 1.807) is 0 Å². The van der Waals surface area contributed by atoms with Crippen molar-refractivity contribution in [2.75, 3.05) is 46.4 Å². The van der Waals surface area contributed by atoms with Crippen molar-refractivity contribution in [1.82, 2.24) is 9.80 Å². The van der Waals surface area contributed by atoms with Crippen molar-refractivity contribution in [2.24, 2.45) is 0 Å². The van der Waals surface area contributed by atoms with Crippen LogP contribution in [0.4, 0.5) is 0 Å². The first-order valence-corrected chi connectivity index (χ1v) is 5.28. The van der Waals surface area contributed by atoms with Gasteiger partial charge in [-0.05, 0) is 20.0 Å². The Balaban J connectivity index is 2.25. The number of amides is 1. The molecule has 0 N–H and O–H groups in total. The Morgan fingerprint density at radius 1 is 1.43 bits per heavy atom. The third-order valence-corrected chi connectivity index (χ3v) is 2.37. The van der Waals surface area contributed by atoms with Crippen molar-refractivity contribution in [1.29, 1.82) is 0 Å². The Morgan fingerprint density at radius 3 is 2.64 bits per heavy atom. The summed E-state index contributed by atoms with van der Waals surface area (Å²) in [6.07, 6.45) is 1.09. The first-order chi connectivity index (χ1) is 6.74. The largest absolute Gasteiger partial charge is 0.378 e. The normalized spacial score (nSPS) is 17.5. The van der Waals surface area contributed by atoms with Gasteiger partial charge in [-0.25, -0.2) is 0 Å². The van der Waals surface area contributed by atoms with Crippen molar-refractivity contribution in [3.8, 4) is 0 Å². The van der Waals surface area contributed by atoms with Gasteiger partial charge in [-0.3, -0.25) is 9.69 Å². The Bertz CT molecular complexity index is 179. The molecule has 4 nitrogen and oxygen atoms in total. The van der Waals surface area contributed by atoms with Gasteiger partial charge in [0.25, 0.3) is 0 Å². The summed E-state index contributed by atoms with van der Waals surface area (Å²) >= 11 is 0. The Labute approximate surface area is 85.8 Å². The molecule has 1 aliphatic heterocycles. The predicted octanol–water partition coefficient (Wildman–Crippen LogP) is 0.187. The third-order valence-electron chi connectivity index (χ3n) is 2.37. The number of hydrogen-bond donors (Lipinski definition) is 0. The van der Waals surface area contributed by atoms with Gasteiger partial charge in [0.1, 0.15) is 0 Å². The van der Waals surface area contributed by atoms with Crippen molar-refractivity contribution in [3.05, 3.63) is 0 Å². The van der Waals surface area contributed by atoms with Gasteiger partial charge in [0.2, 0.25) is 5.91 Å². The van der Waals surface area contributed by atoms with E-state index >= 15 is 0 Å². The molecule has 0 radical (unpaired) electrons. The van der Waals surface area contributed by atoms with Gasteiger partial charge in [-0.15, -0.1) is 0 Å². The van der Waals surface area contributed by atoms with Gasteiger partial charge in [0, 0.05) is 13.1 Å². The number of morpholine rings is 1. The average Bonchev–Trinajstić information content (AvgIpc) is 2.19. The van der Waals surface area contributed by atoms with E-state index in [4.69, 9.17) is 4.74 Å². The lowest BCUT2D eigenvalue weighted by atomic mass is 10.3. The Hall–Kier alpha value is -0.610. The summed E-state index contributed by atoms with van der Waals surface area (Å²) in [5.41, 5.74) is 0. The highest BCUT2D eigenvalue weighted by Gasteiger charge is 2.17. The molecule has 82 valence electrons. The minimum absolute atomic E-state index is 0.226. The second-order valence-electron chi connectivity index (χ2n) is 3.73. The van der Waals surface area contributed by atoms with Crippen molar-refractivity contribution >= 4 is 5.91 Å². The molecule has 0 aliphatic carbocycles. The quantitative estimate of drug-likeness (QED) is 0.649. The van der Waals surface area contributed by atoms with E-state index in [9.17, 15) is 4.79 Å². The maximum Gasteiger partial charge on any atom is 0.236 e. The molecule has 0 aromatic rings. The minimum atomic E-state index is 0.226. The number of ether oxygens (including phenoxy) is 1. The van der Waals surface area contributed by atoms with Crippen LogP contribution in [0.15, 0.2) is 0 Å². The van der Waals surface area contributed by atoms with Crippen LogP contribution < -0.4 is 0 Å². The van der Waals surface area contributed by atoms with Crippen LogP contribution in [0, 0.1) is 0 Å². The van der Waals surface area contributed by atoms with E-state index in [-0.39, 0.29) is 5.91 Å². The first kappa shape index (κ1) is 11.5. The molecule has 0 atom stereocenters. The zero-order chi connectivity index (χ0) is 10.4. The number of nitrogens with zero attached hydrogens (tertiary/aromatic N) is 2. The standard InChI is InChI=1S/C10H20N2O2/c1-3-4-11(2)9-10(13)12-5-7-14-8-6-12/h3-9H2,1-2H3. The van der Waals surface area contributed by atoms with Crippen molar-refractivity contribution in [2.45, 2.75) is 13.3 Å². The summed E-state index contributed by atoms with van der Waals surface area (Å²) in [7, 11) is 1.99. The zero-order valence-corrected chi connectivity index (χ0v) is 9.16. The predicted molar refractivity (Wildman–Crippen MR) is 55.2 cm³/mol. The maximum atomic E-state index is 11.7. The molecule has 1 fully saturated rings. The van der Waals surface area contributed by atoms with Crippen LogP contribution in [0.3, 0.4) is 0 Å². The van der Waals surface area contributed by atoms with Crippen LogP contribution in [0.5, 0.6) is 0 Å². The van der Waals surface area contributed by atoms with E-state index in [1.807, 2.05) is 11.9 Å². The lowest BCUT2D eigenvalue weighted by Gasteiger charge is -2.28. The highest BCUT2D eigenvalue weighted by atomic mass is 16.5. The highest BCUT2D eigenvalue weighted by Crippen LogP contribution is 1.98. The van der Waals surface area contributed by atoms with Gasteiger partial charge in [0.05, 0.1) is 19.8 Å². The van der Waals surface area contributed by atoms with Gasteiger partial charge in [0.15, 0.2) is 0 Å². The molecular formula is C10H20N2O2. The van der Waals surface area contributed by atoms with Crippen LogP contribution in [0.2, 0.25) is 0 Å². The smallest absolute Gasteiger partial charge is 0.236 e.